The first-order valence-corrected chi connectivity index (χ1v) is 8.67. The molecule has 0 spiro atoms. The van der Waals surface area contributed by atoms with Gasteiger partial charge in [-0.3, -0.25) is 0 Å². The zero-order valence-corrected chi connectivity index (χ0v) is 15.0. The Morgan fingerprint density at radius 1 is 1.24 bits per heavy atom. The van der Waals surface area contributed by atoms with Crippen LogP contribution in [0.15, 0.2) is 30.3 Å². The highest BCUT2D eigenvalue weighted by molar-refractivity contribution is 6.34. The zero-order valence-electron chi connectivity index (χ0n) is 14.3. The van der Waals surface area contributed by atoms with E-state index in [0.717, 1.165) is 12.8 Å². The van der Waals surface area contributed by atoms with E-state index in [2.05, 4.69) is 4.98 Å². The van der Waals surface area contributed by atoms with Crippen LogP contribution in [-0.4, -0.2) is 21.7 Å². The van der Waals surface area contributed by atoms with Crippen molar-refractivity contribution in [1.82, 2.24) is 4.98 Å². The number of halogens is 2. The topological polar surface area (TPSA) is 79.4 Å². The number of pyridine rings is 1. The molecule has 0 amide bonds. The van der Waals surface area contributed by atoms with Gasteiger partial charge in [0, 0.05) is 17.7 Å². The molecule has 25 heavy (non-hydrogen) atoms. The Hall–Kier alpha value is -1.53. The Labute approximate surface area is 151 Å². The Bertz CT molecular complexity index is 785. The third-order valence-corrected chi connectivity index (χ3v) is 5.12. The molecular formula is C19H22ClFN2O2. The van der Waals surface area contributed by atoms with E-state index in [1.165, 1.54) is 12.1 Å². The van der Waals surface area contributed by atoms with Crippen LogP contribution in [0.25, 0.3) is 11.3 Å². The zero-order chi connectivity index (χ0) is 18.4. The predicted molar refractivity (Wildman–Crippen MR) is 95.6 cm³/mol. The summed E-state index contributed by atoms with van der Waals surface area (Å²) < 4.78 is 13.3. The maximum Gasteiger partial charge on any atom is 0.123 e. The molecule has 134 valence electrons. The van der Waals surface area contributed by atoms with Gasteiger partial charge in [-0.1, -0.05) is 11.6 Å². The SMILES string of the molecule is CC(C)(O)c1cc([C@@](O)(CN)C2CC2)nc(-c2ccc(F)cc2)c1Cl. The molecule has 0 radical (unpaired) electrons. The molecule has 1 atom stereocenters. The van der Waals surface area contributed by atoms with Gasteiger partial charge in [-0.25, -0.2) is 9.37 Å². The summed E-state index contributed by atoms with van der Waals surface area (Å²) in [5.41, 5.74) is 5.19. The summed E-state index contributed by atoms with van der Waals surface area (Å²) in [5.74, 6) is -0.322. The lowest BCUT2D eigenvalue weighted by Gasteiger charge is -2.29. The van der Waals surface area contributed by atoms with Gasteiger partial charge >= 0.3 is 0 Å². The molecule has 1 aromatic heterocycles. The highest BCUT2D eigenvalue weighted by Crippen LogP contribution is 2.46. The van der Waals surface area contributed by atoms with Crippen LogP contribution >= 0.6 is 11.6 Å². The first-order valence-electron chi connectivity index (χ1n) is 8.29. The number of hydrogen-bond acceptors (Lipinski definition) is 4. The van der Waals surface area contributed by atoms with Gasteiger partial charge in [0.05, 0.1) is 22.0 Å². The Morgan fingerprint density at radius 2 is 1.84 bits per heavy atom. The highest BCUT2D eigenvalue weighted by Gasteiger charge is 2.46. The maximum atomic E-state index is 13.3. The molecule has 4 nitrogen and oxygen atoms in total. The molecule has 6 heteroatoms. The summed E-state index contributed by atoms with van der Waals surface area (Å²) in [5, 5.41) is 21.8. The number of aliphatic hydroxyl groups is 2. The van der Waals surface area contributed by atoms with Gasteiger partial charge in [-0.2, -0.15) is 0 Å². The number of nitrogens with zero attached hydrogens (tertiary/aromatic N) is 1. The minimum Gasteiger partial charge on any atom is -0.386 e. The smallest absolute Gasteiger partial charge is 0.123 e. The molecular weight excluding hydrogens is 343 g/mol. The van der Waals surface area contributed by atoms with Crippen molar-refractivity contribution in [2.45, 2.75) is 37.9 Å². The van der Waals surface area contributed by atoms with Gasteiger partial charge in [0.2, 0.25) is 0 Å². The lowest BCUT2D eigenvalue weighted by Crippen LogP contribution is -2.38. The van der Waals surface area contributed by atoms with Crippen LogP contribution in [0.5, 0.6) is 0 Å². The Kier molecular flexibility index (Phi) is 4.62. The second-order valence-corrected chi connectivity index (χ2v) is 7.56. The van der Waals surface area contributed by atoms with Gasteiger partial charge < -0.3 is 15.9 Å². The van der Waals surface area contributed by atoms with Gasteiger partial charge in [0.25, 0.3) is 0 Å². The minimum absolute atomic E-state index is 0.0282. The van der Waals surface area contributed by atoms with Gasteiger partial charge in [-0.15, -0.1) is 0 Å². The number of rotatable bonds is 5. The van der Waals surface area contributed by atoms with Gasteiger partial charge in [0.1, 0.15) is 11.4 Å². The fourth-order valence-corrected chi connectivity index (χ4v) is 3.47. The molecule has 1 aromatic carbocycles. The van der Waals surface area contributed by atoms with Crippen LogP contribution in [0.4, 0.5) is 4.39 Å². The Morgan fingerprint density at radius 3 is 2.32 bits per heavy atom. The van der Waals surface area contributed by atoms with E-state index in [4.69, 9.17) is 17.3 Å². The van der Waals surface area contributed by atoms with E-state index < -0.39 is 11.2 Å². The van der Waals surface area contributed by atoms with E-state index in [-0.39, 0.29) is 23.3 Å². The van der Waals surface area contributed by atoms with E-state index >= 15 is 0 Å². The first-order chi connectivity index (χ1) is 11.7. The molecule has 1 heterocycles. The quantitative estimate of drug-likeness (QED) is 0.760. The van der Waals surface area contributed by atoms with Crippen LogP contribution in [0.2, 0.25) is 5.02 Å². The molecule has 0 bridgehead atoms. The summed E-state index contributed by atoms with van der Waals surface area (Å²) in [6, 6.07) is 7.40. The summed E-state index contributed by atoms with van der Waals surface area (Å²) in [4.78, 5) is 4.56. The van der Waals surface area contributed by atoms with Crippen molar-refractivity contribution in [3.8, 4) is 11.3 Å². The predicted octanol–water partition coefficient (Wildman–Crippen LogP) is 3.32. The molecule has 2 aromatic rings. The standard InChI is InChI=1S/C19H22ClFN2O2/c1-18(2,24)14-9-15(19(25,10-22)12-5-6-12)23-17(16(14)20)11-3-7-13(21)8-4-11/h3-4,7-9,12,24-25H,5-6,10,22H2,1-2H3/t19-/m1/s1. The molecule has 0 saturated heterocycles. The molecule has 1 fully saturated rings. The molecule has 0 aliphatic heterocycles. The highest BCUT2D eigenvalue weighted by atomic mass is 35.5. The van der Waals surface area contributed by atoms with Crippen molar-refractivity contribution < 1.29 is 14.6 Å². The summed E-state index contributed by atoms with van der Waals surface area (Å²) in [6.45, 7) is 3.26. The molecule has 0 unspecified atom stereocenters. The molecule has 3 rings (SSSR count). The van der Waals surface area contributed by atoms with E-state index in [0.29, 0.717) is 22.5 Å². The fraction of sp³-hybridized carbons (Fsp3) is 0.421. The van der Waals surface area contributed by atoms with Crippen LogP contribution in [0, 0.1) is 11.7 Å². The minimum atomic E-state index is -1.26. The monoisotopic (exact) mass is 364 g/mol. The fourth-order valence-electron chi connectivity index (χ4n) is 3.04. The number of aromatic nitrogens is 1. The van der Waals surface area contributed by atoms with Crippen molar-refractivity contribution in [2.75, 3.05) is 6.54 Å². The van der Waals surface area contributed by atoms with Crippen molar-refractivity contribution in [1.29, 1.82) is 0 Å². The third-order valence-electron chi connectivity index (χ3n) is 4.74. The van der Waals surface area contributed by atoms with Crippen molar-refractivity contribution in [2.24, 2.45) is 11.7 Å². The summed E-state index contributed by atoms with van der Waals surface area (Å²) in [7, 11) is 0. The lowest BCUT2D eigenvalue weighted by atomic mass is 9.88. The molecule has 1 saturated carbocycles. The normalized spacial score (nSPS) is 17.4. The summed E-state index contributed by atoms with van der Waals surface area (Å²) in [6.07, 6.45) is 1.75. The van der Waals surface area contributed by atoms with Gasteiger partial charge in [0.15, 0.2) is 0 Å². The molecule has 4 N–H and O–H groups in total. The van der Waals surface area contributed by atoms with Gasteiger partial charge in [-0.05, 0) is 62.9 Å². The summed E-state index contributed by atoms with van der Waals surface area (Å²) >= 11 is 6.50. The van der Waals surface area contributed by atoms with E-state index in [1.54, 1.807) is 32.0 Å². The van der Waals surface area contributed by atoms with E-state index in [9.17, 15) is 14.6 Å². The maximum absolute atomic E-state index is 13.3. The molecule has 1 aliphatic carbocycles. The molecule has 1 aliphatic rings. The van der Waals surface area contributed by atoms with Crippen molar-refractivity contribution >= 4 is 11.6 Å². The van der Waals surface area contributed by atoms with E-state index in [1.807, 2.05) is 0 Å². The van der Waals surface area contributed by atoms with Crippen LogP contribution < -0.4 is 5.73 Å². The second kappa shape index (κ2) is 6.32. The lowest BCUT2D eigenvalue weighted by molar-refractivity contribution is 0.0172. The largest absolute Gasteiger partial charge is 0.386 e. The number of benzene rings is 1. The average molecular weight is 365 g/mol. The van der Waals surface area contributed by atoms with Crippen LogP contribution in [0.3, 0.4) is 0 Å². The van der Waals surface area contributed by atoms with Crippen molar-refractivity contribution in [3.05, 3.63) is 52.4 Å². The van der Waals surface area contributed by atoms with Crippen molar-refractivity contribution in [3.63, 3.8) is 0 Å². The first kappa shape index (κ1) is 18.3. The number of nitrogens with two attached hydrogens (primary N) is 1. The van der Waals surface area contributed by atoms with Crippen LogP contribution in [-0.2, 0) is 11.2 Å². The second-order valence-electron chi connectivity index (χ2n) is 7.19. The Balaban J connectivity index is 2.23. The van der Waals surface area contributed by atoms with Crippen LogP contribution in [0.1, 0.15) is 37.9 Å². The average Bonchev–Trinajstić information content (AvgIpc) is 3.39. The number of hydrogen-bond donors (Lipinski definition) is 3. The third kappa shape index (κ3) is 3.42.